The lowest BCUT2D eigenvalue weighted by molar-refractivity contribution is -0.117. The maximum absolute atomic E-state index is 12.4. The molecule has 2 N–H and O–H groups in total. The average molecular weight is 398 g/mol. The molecule has 1 aromatic rings. The summed E-state index contributed by atoms with van der Waals surface area (Å²) in [6.45, 7) is 5.41. The molecule has 4 heterocycles. The summed E-state index contributed by atoms with van der Waals surface area (Å²) in [5, 5.41) is 17.0. The van der Waals surface area contributed by atoms with Crippen molar-refractivity contribution in [2.24, 2.45) is 0 Å². The van der Waals surface area contributed by atoms with Crippen molar-refractivity contribution < 1.29 is 29.4 Å². The number of carboxylic acids is 2. The Bertz CT molecular complexity index is 953. The number of carboxylic acid groups (broad SMARTS) is 2. The van der Waals surface area contributed by atoms with Gasteiger partial charge in [0.05, 0.1) is 11.3 Å². The first kappa shape index (κ1) is 18.7. The number of hydrogen-bond acceptors (Lipinski definition) is 8. The second-order valence-corrected chi connectivity index (χ2v) is 6.89. The number of aromatic nitrogens is 1. The van der Waals surface area contributed by atoms with Gasteiger partial charge in [0.1, 0.15) is 11.4 Å². The first-order chi connectivity index (χ1) is 13.9. The fraction of sp³-hybridized carbons (Fsp3) is 0.316. The zero-order chi connectivity index (χ0) is 20.7. The van der Waals surface area contributed by atoms with E-state index in [2.05, 4.69) is 4.98 Å². The van der Waals surface area contributed by atoms with E-state index < -0.39 is 17.6 Å². The molecule has 0 bridgehead atoms. The van der Waals surface area contributed by atoms with Gasteiger partial charge >= 0.3 is 11.9 Å². The van der Waals surface area contributed by atoms with E-state index in [-0.39, 0.29) is 17.1 Å². The van der Waals surface area contributed by atoms with Crippen LogP contribution in [0.15, 0.2) is 41.5 Å². The van der Waals surface area contributed by atoms with Gasteiger partial charge < -0.3 is 24.9 Å². The summed E-state index contributed by atoms with van der Waals surface area (Å²) in [6.07, 6.45) is 2.76. The number of allylic oxidation sites excluding steroid dienone is 1. The molecule has 0 saturated carbocycles. The number of hydrogen-bond donors (Lipinski definition) is 2. The van der Waals surface area contributed by atoms with Gasteiger partial charge in [-0.15, -0.1) is 0 Å². The number of Topliss-reactive ketones (excluding diaryl/α,β-unsaturated/α-hetero) is 1. The second kappa shape index (κ2) is 7.04. The van der Waals surface area contributed by atoms with Crippen molar-refractivity contribution in [3.8, 4) is 0 Å². The molecule has 10 nitrogen and oxygen atoms in total. The Labute approximate surface area is 165 Å². The van der Waals surface area contributed by atoms with Crippen LogP contribution in [0.25, 0.3) is 0 Å². The third-order valence-electron chi connectivity index (χ3n) is 4.73. The highest BCUT2D eigenvalue weighted by Gasteiger charge is 2.43. The van der Waals surface area contributed by atoms with E-state index in [0.717, 1.165) is 39.3 Å². The molecule has 3 fully saturated rings. The zero-order valence-corrected chi connectivity index (χ0v) is 15.4. The van der Waals surface area contributed by atoms with Crippen LogP contribution >= 0.6 is 0 Å². The SMILES string of the molecule is O=C(O)c1cccnc1C(=O)O.O=C1C=C(N2CC2)C(=O)C(N2CC2)=C1N1CC1. The lowest BCUT2D eigenvalue weighted by Crippen LogP contribution is -2.29. The lowest BCUT2D eigenvalue weighted by Gasteiger charge is -2.21. The number of carbonyl (C=O) groups excluding carboxylic acids is 2. The van der Waals surface area contributed by atoms with E-state index >= 15 is 0 Å². The monoisotopic (exact) mass is 398 g/mol. The Morgan fingerprint density at radius 2 is 1.45 bits per heavy atom. The van der Waals surface area contributed by atoms with Crippen molar-refractivity contribution in [3.05, 3.63) is 52.8 Å². The van der Waals surface area contributed by atoms with Crippen LogP contribution in [0.5, 0.6) is 0 Å². The summed E-state index contributed by atoms with van der Waals surface area (Å²) in [5.41, 5.74) is 1.15. The topological polar surface area (TPSA) is 131 Å². The molecule has 0 spiro atoms. The fourth-order valence-corrected chi connectivity index (χ4v) is 3.02. The molecule has 3 aliphatic heterocycles. The predicted molar refractivity (Wildman–Crippen MR) is 98.0 cm³/mol. The van der Waals surface area contributed by atoms with Gasteiger partial charge in [-0.25, -0.2) is 14.6 Å². The van der Waals surface area contributed by atoms with Crippen molar-refractivity contribution in [2.75, 3.05) is 39.3 Å². The molecule has 0 atom stereocenters. The molecular formula is C19H18N4O6. The summed E-state index contributed by atoms with van der Waals surface area (Å²) < 4.78 is 0. The maximum Gasteiger partial charge on any atom is 0.355 e. The highest BCUT2D eigenvalue weighted by molar-refractivity contribution is 6.22. The quantitative estimate of drug-likeness (QED) is 0.502. The molecule has 4 aliphatic rings. The third-order valence-corrected chi connectivity index (χ3v) is 4.73. The minimum absolute atomic E-state index is 0.00546. The highest BCUT2D eigenvalue weighted by Crippen LogP contribution is 2.33. The largest absolute Gasteiger partial charge is 0.478 e. The van der Waals surface area contributed by atoms with Crippen molar-refractivity contribution >= 4 is 23.5 Å². The van der Waals surface area contributed by atoms with E-state index in [1.807, 2.05) is 14.7 Å². The Morgan fingerprint density at radius 1 is 0.862 bits per heavy atom. The summed E-state index contributed by atoms with van der Waals surface area (Å²) in [4.78, 5) is 54.7. The van der Waals surface area contributed by atoms with Crippen molar-refractivity contribution in [1.29, 1.82) is 0 Å². The molecule has 1 aliphatic carbocycles. The van der Waals surface area contributed by atoms with Crippen LogP contribution in [0.1, 0.15) is 20.8 Å². The van der Waals surface area contributed by atoms with Crippen molar-refractivity contribution in [1.82, 2.24) is 19.7 Å². The first-order valence-corrected chi connectivity index (χ1v) is 9.10. The van der Waals surface area contributed by atoms with Gasteiger partial charge in [-0.1, -0.05) is 0 Å². The molecule has 29 heavy (non-hydrogen) atoms. The zero-order valence-electron chi connectivity index (χ0n) is 15.4. The molecule has 1 aromatic heterocycles. The standard InChI is InChI=1S/C12H13N3O2.C7H5NO4/c16-9-7-8(13-1-2-13)12(17)11(15-5-6-15)10(9)14-3-4-14;9-6(10)4-2-1-3-8-5(4)7(11)12/h7H,1-6H2;1-3H,(H,9,10)(H,11,12). The van der Waals surface area contributed by atoms with Gasteiger partial charge in [0, 0.05) is 51.5 Å². The van der Waals surface area contributed by atoms with Gasteiger partial charge in [-0.05, 0) is 12.1 Å². The smallest absolute Gasteiger partial charge is 0.355 e. The van der Waals surface area contributed by atoms with Crippen LogP contribution in [-0.4, -0.2) is 92.7 Å². The summed E-state index contributed by atoms with van der Waals surface area (Å²) >= 11 is 0. The number of rotatable bonds is 5. The lowest BCUT2D eigenvalue weighted by atomic mass is 10.0. The molecular weight excluding hydrogens is 380 g/mol. The van der Waals surface area contributed by atoms with Crippen LogP contribution in [0.3, 0.4) is 0 Å². The van der Waals surface area contributed by atoms with Gasteiger partial charge in [-0.3, -0.25) is 9.59 Å². The molecule has 0 aromatic carbocycles. The van der Waals surface area contributed by atoms with Crippen molar-refractivity contribution in [2.45, 2.75) is 0 Å². The van der Waals surface area contributed by atoms with E-state index in [0.29, 0.717) is 17.1 Å². The molecule has 0 radical (unpaired) electrons. The van der Waals surface area contributed by atoms with E-state index in [1.54, 1.807) is 0 Å². The average Bonchev–Trinajstić information content (AvgIpc) is 3.56. The number of aromatic carboxylic acids is 2. The summed E-state index contributed by atoms with van der Waals surface area (Å²) in [5.74, 6) is -2.58. The number of carbonyl (C=O) groups is 4. The molecule has 5 rings (SSSR count). The third kappa shape index (κ3) is 3.82. The second-order valence-electron chi connectivity index (χ2n) is 6.89. The first-order valence-electron chi connectivity index (χ1n) is 9.10. The molecule has 0 unspecified atom stereocenters. The molecule has 0 amide bonds. The van der Waals surface area contributed by atoms with Gasteiger partial charge in [0.15, 0.2) is 5.69 Å². The Morgan fingerprint density at radius 3 is 1.93 bits per heavy atom. The summed E-state index contributed by atoms with van der Waals surface area (Å²) in [6, 6.07) is 2.56. The Balaban J connectivity index is 0.000000152. The van der Waals surface area contributed by atoms with Crippen LogP contribution < -0.4 is 0 Å². The van der Waals surface area contributed by atoms with E-state index in [1.165, 1.54) is 24.4 Å². The maximum atomic E-state index is 12.4. The van der Waals surface area contributed by atoms with Crippen LogP contribution in [0, 0.1) is 0 Å². The van der Waals surface area contributed by atoms with Gasteiger partial charge in [-0.2, -0.15) is 0 Å². The van der Waals surface area contributed by atoms with E-state index in [9.17, 15) is 19.2 Å². The normalized spacial score (nSPS) is 19.4. The number of nitrogens with zero attached hydrogens (tertiary/aromatic N) is 4. The van der Waals surface area contributed by atoms with Gasteiger partial charge in [0.2, 0.25) is 11.6 Å². The minimum atomic E-state index is -1.34. The van der Waals surface area contributed by atoms with Crippen LogP contribution in [0.4, 0.5) is 0 Å². The molecule has 3 saturated heterocycles. The van der Waals surface area contributed by atoms with Crippen molar-refractivity contribution in [3.63, 3.8) is 0 Å². The minimum Gasteiger partial charge on any atom is -0.478 e. The van der Waals surface area contributed by atoms with Crippen LogP contribution in [0.2, 0.25) is 0 Å². The van der Waals surface area contributed by atoms with Gasteiger partial charge in [0.25, 0.3) is 0 Å². The van der Waals surface area contributed by atoms with E-state index in [4.69, 9.17) is 10.2 Å². The highest BCUT2D eigenvalue weighted by atomic mass is 16.4. The predicted octanol–water partition coefficient (Wildman–Crippen LogP) is -0.341. The molecule has 150 valence electrons. The molecule has 10 heteroatoms. The number of ketones is 2. The fourth-order valence-electron chi connectivity index (χ4n) is 3.02. The summed E-state index contributed by atoms with van der Waals surface area (Å²) in [7, 11) is 0. The Kier molecular flexibility index (Phi) is 4.53. The number of pyridine rings is 1. The van der Waals surface area contributed by atoms with Crippen LogP contribution in [-0.2, 0) is 9.59 Å². The Hall–Kier alpha value is -3.69.